The molecule has 40 heavy (non-hydrogen) atoms. The van der Waals surface area contributed by atoms with Crippen molar-refractivity contribution in [1.82, 2.24) is 9.21 Å². The minimum absolute atomic E-state index is 0.0314. The van der Waals surface area contributed by atoms with Gasteiger partial charge in [0.05, 0.1) is 17.6 Å². The zero-order valence-electron chi connectivity index (χ0n) is 22.0. The van der Waals surface area contributed by atoms with E-state index >= 15 is 0 Å². The van der Waals surface area contributed by atoms with E-state index in [2.05, 4.69) is 0 Å². The van der Waals surface area contributed by atoms with Crippen molar-refractivity contribution in [3.63, 3.8) is 0 Å². The molecule has 0 bridgehead atoms. The number of ether oxygens (including phenoxy) is 2. The van der Waals surface area contributed by atoms with Crippen molar-refractivity contribution in [2.45, 2.75) is 24.6 Å². The zero-order valence-corrected chi connectivity index (χ0v) is 22.8. The molecule has 0 radical (unpaired) electrons. The van der Waals surface area contributed by atoms with Gasteiger partial charge in [0.15, 0.2) is 11.5 Å². The van der Waals surface area contributed by atoms with Gasteiger partial charge in [-0.2, -0.15) is 17.5 Å². The second-order valence-corrected chi connectivity index (χ2v) is 11.1. The van der Waals surface area contributed by atoms with E-state index in [-0.39, 0.29) is 37.0 Å². The smallest absolute Gasteiger partial charge is 0.416 e. The second kappa shape index (κ2) is 12.1. The average molecular weight is 575 g/mol. The lowest BCUT2D eigenvalue weighted by molar-refractivity contribution is -0.137. The second-order valence-electron chi connectivity index (χ2n) is 9.21. The highest BCUT2D eigenvalue weighted by Crippen LogP contribution is 2.31. The first kappa shape index (κ1) is 29.2. The quantitative estimate of drug-likeness (QED) is 0.348. The van der Waals surface area contributed by atoms with Crippen LogP contribution in [0.4, 0.5) is 13.2 Å². The lowest BCUT2D eigenvalue weighted by Crippen LogP contribution is -2.50. The Bertz CT molecular complexity index is 1480. The fourth-order valence-electron chi connectivity index (χ4n) is 4.22. The van der Waals surface area contributed by atoms with Gasteiger partial charge in [-0.25, -0.2) is 8.42 Å². The molecular formula is C29H29F3N2O5S. The van der Waals surface area contributed by atoms with E-state index in [0.717, 1.165) is 41.0 Å². The van der Waals surface area contributed by atoms with Crippen LogP contribution in [0.5, 0.6) is 11.5 Å². The maximum Gasteiger partial charge on any atom is 0.416 e. The van der Waals surface area contributed by atoms with Crippen LogP contribution in [-0.4, -0.2) is 56.8 Å². The molecule has 4 rings (SSSR count). The lowest BCUT2D eigenvalue weighted by Gasteiger charge is -2.33. The van der Waals surface area contributed by atoms with E-state index in [1.807, 2.05) is 31.2 Å². The maximum atomic E-state index is 12.9. The van der Waals surface area contributed by atoms with Gasteiger partial charge < -0.3 is 14.4 Å². The molecule has 0 aliphatic carbocycles. The SMILES string of the molecule is COc1cc(/C=C/C(=O)N2CCN(S(=O)(=O)c3ccc(C(F)(F)F)cc3)CC2)ccc1OCc1ccccc1C. The topological polar surface area (TPSA) is 76.2 Å². The predicted octanol–water partition coefficient (Wildman–Crippen LogP) is 5.15. The normalized spacial score (nSPS) is 14.9. The number of methoxy groups -OCH3 is 1. The number of aryl methyl sites for hydroxylation is 1. The van der Waals surface area contributed by atoms with Crippen LogP contribution >= 0.6 is 0 Å². The Labute approximate surface area is 231 Å². The van der Waals surface area contributed by atoms with Crippen molar-refractivity contribution < 1.29 is 35.9 Å². The number of carbonyl (C=O) groups is 1. The number of alkyl halides is 3. The standard InChI is InChI=1S/C29H29F3N2O5S/c1-21-5-3-4-6-23(21)20-39-26-13-7-22(19-27(26)38-2)8-14-28(35)33-15-17-34(18-16-33)40(36,37)25-11-9-24(10-12-25)29(30,31)32/h3-14,19H,15-18,20H2,1-2H3/b14-8+. The molecule has 1 aliphatic rings. The Morgan fingerprint density at radius 1 is 0.950 bits per heavy atom. The van der Waals surface area contributed by atoms with Gasteiger partial charge in [0.2, 0.25) is 15.9 Å². The van der Waals surface area contributed by atoms with E-state index < -0.39 is 21.8 Å². The first-order chi connectivity index (χ1) is 19.0. The third-order valence-corrected chi connectivity index (χ3v) is 8.53. The Balaban J connectivity index is 1.34. The van der Waals surface area contributed by atoms with Crippen LogP contribution in [0.3, 0.4) is 0 Å². The molecule has 1 heterocycles. The minimum atomic E-state index is -4.55. The van der Waals surface area contributed by atoms with Crippen LogP contribution in [0, 0.1) is 6.92 Å². The molecule has 0 unspecified atom stereocenters. The number of rotatable bonds is 8. The van der Waals surface area contributed by atoms with Gasteiger partial charge in [-0.3, -0.25) is 4.79 Å². The van der Waals surface area contributed by atoms with Gasteiger partial charge in [-0.15, -0.1) is 0 Å². The highest BCUT2D eigenvalue weighted by Gasteiger charge is 2.33. The van der Waals surface area contributed by atoms with Gasteiger partial charge in [0, 0.05) is 32.3 Å². The third-order valence-electron chi connectivity index (χ3n) is 6.62. The highest BCUT2D eigenvalue weighted by molar-refractivity contribution is 7.89. The summed E-state index contributed by atoms with van der Waals surface area (Å²) in [6, 6.07) is 16.6. The van der Waals surface area contributed by atoms with Crippen LogP contribution < -0.4 is 9.47 Å². The van der Waals surface area contributed by atoms with Gasteiger partial charge in [-0.1, -0.05) is 30.3 Å². The van der Waals surface area contributed by atoms with Crippen LogP contribution in [0.15, 0.2) is 77.7 Å². The van der Waals surface area contributed by atoms with Crippen molar-refractivity contribution in [1.29, 1.82) is 0 Å². The van der Waals surface area contributed by atoms with E-state index in [0.29, 0.717) is 18.1 Å². The molecule has 0 N–H and O–H groups in total. The fourth-order valence-corrected chi connectivity index (χ4v) is 5.64. The molecule has 0 aromatic heterocycles. The molecule has 1 amide bonds. The molecular weight excluding hydrogens is 545 g/mol. The van der Waals surface area contributed by atoms with Crippen LogP contribution in [0.25, 0.3) is 6.08 Å². The van der Waals surface area contributed by atoms with E-state index in [1.54, 1.807) is 24.3 Å². The molecule has 212 valence electrons. The summed E-state index contributed by atoms with van der Waals surface area (Å²) in [5.74, 6) is 0.801. The predicted molar refractivity (Wildman–Crippen MR) is 144 cm³/mol. The lowest BCUT2D eigenvalue weighted by atomic mass is 10.1. The summed E-state index contributed by atoms with van der Waals surface area (Å²) in [6.45, 7) is 2.76. The Morgan fingerprint density at radius 3 is 2.25 bits per heavy atom. The van der Waals surface area contributed by atoms with E-state index in [1.165, 1.54) is 22.4 Å². The molecule has 1 aliphatic heterocycles. The van der Waals surface area contributed by atoms with Gasteiger partial charge in [0.1, 0.15) is 6.61 Å². The first-order valence-electron chi connectivity index (χ1n) is 12.5. The summed E-state index contributed by atoms with van der Waals surface area (Å²) in [7, 11) is -2.45. The van der Waals surface area contributed by atoms with Gasteiger partial charge >= 0.3 is 6.18 Å². The van der Waals surface area contributed by atoms with E-state index in [4.69, 9.17) is 9.47 Å². The summed E-state index contributed by atoms with van der Waals surface area (Å²) in [4.78, 5) is 14.0. The molecule has 0 spiro atoms. The van der Waals surface area contributed by atoms with Crippen molar-refractivity contribution in [2.75, 3.05) is 33.3 Å². The maximum absolute atomic E-state index is 12.9. The van der Waals surface area contributed by atoms with Crippen molar-refractivity contribution in [3.8, 4) is 11.5 Å². The number of nitrogens with zero attached hydrogens (tertiary/aromatic N) is 2. The molecule has 3 aromatic rings. The summed E-state index contributed by atoms with van der Waals surface area (Å²) in [6.07, 6.45) is -1.51. The summed E-state index contributed by atoms with van der Waals surface area (Å²) < 4.78 is 76.7. The zero-order chi connectivity index (χ0) is 28.9. The molecule has 1 saturated heterocycles. The Hall–Kier alpha value is -3.83. The molecule has 3 aromatic carbocycles. The molecule has 11 heteroatoms. The summed E-state index contributed by atoms with van der Waals surface area (Å²) >= 11 is 0. The number of carbonyl (C=O) groups excluding carboxylic acids is 1. The molecule has 7 nitrogen and oxygen atoms in total. The first-order valence-corrected chi connectivity index (χ1v) is 13.9. The number of amides is 1. The summed E-state index contributed by atoms with van der Waals surface area (Å²) in [5, 5.41) is 0. The number of hydrogen-bond donors (Lipinski definition) is 0. The van der Waals surface area contributed by atoms with Crippen LogP contribution in [0.1, 0.15) is 22.3 Å². The van der Waals surface area contributed by atoms with Crippen molar-refractivity contribution in [3.05, 3.63) is 95.1 Å². The fraction of sp³-hybridized carbons (Fsp3) is 0.276. The highest BCUT2D eigenvalue weighted by atomic mass is 32.2. The van der Waals surface area contributed by atoms with Crippen molar-refractivity contribution >= 4 is 22.0 Å². The number of hydrogen-bond acceptors (Lipinski definition) is 5. The molecule has 0 saturated carbocycles. The summed E-state index contributed by atoms with van der Waals surface area (Å²) in [5.41, 5.74) is 1.98. The van der Waals surface area contributed by atoms with Crippen LogP contribution in [-0.2, 0) is 27.6 Å². The molecule has 1 fully saturated rings. The van der Waals surface area contributed by atoms with Crippen molar-refractivity contribution in [2.24, 2.45) is 0 Å². The number of halogens is 3. The number of sulfonamides is 1. The largest absolute Gasteiger partial charge is 0.493 e. The van der Waals surface area contributed by atoms with Crippen LogP contribution in [0.2, 0.25) is 0 Å². The Kier molecular flexibility index (Phi) is 8.85. The van der Waals surface area contributed by atoms with Gasteiger partial charge in [0.25, 0.3) is 0 Å². The monoisotopic (exact) mass is 574 g/mol. The number of piperazine rings is 1. The Morgan fingerprint density at radius 2 is 1.62 bits per heavy atom. The third kappa shape index (κ3) is 6.83. The minimum Gasteiger partial charge on any atom is -0.493 e. The van der Waals surface area contributed by atoms with Gasteiger partial charge in [-0.05, 0) is 66.1 Å². The number of benzene rings is 3. The van der Waals surface area contributed by atoms with E-state index in [9.17, 15) is 26.4 Å². The molecule has 0 atom stereocenters. The average Bonchev–Trinajstić information content (AvgIpc) is 2.95.